The molecule has 19 heavy (non-hydrogen) atoms. The van der Waals surface area contributed by atoms with Crippen LogP contribution in [0.15, 0.2) is 28.7 Å². The third kappa shape index (κ3) is 3.10. The van der Waals surface area contributed by atoms with Gasteiger partial charge in [-0.25, -0.2) is 0 Å². The molecule has 1 aromatic carbocycles. The first-order chi connectivity index (χ1) is 9.04. The SMILES string of the molecule is CCNC(c1cccc(Br)c1C)c1sc(C)cc1C. The Morgan fingerprint density at radius 3 is 2.58 bits per heavy atom. The molecule has 0 saturated heterocycles. The normalized spacial score (nSPS) is 12.7. The second-order valence-corrected chi connectivity index (χ2v) is 6.99. The number of hydrogen-bond donors (Lipinski definition) is 1. The topological polar surface area (TPSA) is 12.0 Å². The Kier molecular flexibility index (Phi) is 4.82. The van der Waals surface area contributed by atoms with E-state index in [1.165, 1.54) is 30.9 Å². The molecule has 102 valence electrons. The minimum atomic E-state index is 0.293. The Hall–Kier alpha value is -0.640. The highest BCUT2D eigenvalue weighted by Gasteiger charge is 2.19. The van der Waals surface area contributed by atoms with Gasteiger partial charge in [0, 0.05) is 14.2 Å². The van der Waals surface area contributed by atoms with E-state index in [2.05, 4.69) is 73.2 Å². The molecular formula is C16H20BrNS. The first-order valence-electron chi connectivity index (χ1n) is 6.60. The predicted molar refractivity (Wildman–Crippen MR) is 88.2 cm³/mol. The number of thiophene rings is 1. The van der Waals surface area contributed by atoms with Gasteiger partial charge in [0.25, 0.3) is 0 Å². The molecule has 0 spiro atoms. The molecule has 0 aliphatic rings. The van der Waals surface area contributed by atoms with Gasteiger partial charge in [-0.05, 0) is 56.1 Å². The van der Waals surface area contributed by atoms with Crippen molar-refractivity contribution in [3.8, 4) is 0 Å². The van der Waals surface area contributed by atoms with E-state index in [4.69, 9.17) is 0 Å². The summed E-state index contributed by atoms with van der Waals surface area (Å²) in [6.07, 6.45) is 0. The maximum Gasteiger partial charge on any atom is 0.0676 e. The lowest BCUT2D eigenvalue weighted by molar-refractivity contribution is 0.634. The van der Waals surface area contributed by atoms with E-state index >= 15 is 0 Å². The highest BCUT2D eigenvalue weighted by atomic mass is 79.9. The van der Waals surface area contributed by atoms with Crippen molar-refractivity contribution in [2.75, 3.05) is 6.54 Å². The summed E-state index contributed by atoms with van der Waals surface area (Å²) in [5.41, 5.74) is 4.06. The molecule has 0 bridgehead atoms. The van der Waals surface area contributed by atoms with Gasteiger partial charge in [-0.1, -0.05) is 35.0 Å². The van der Waals surface area contributed by atoms with E-state index in [9.17, 15) is 0 Å². The van der Waals surface area contributed by atoms with Crippen LogP contribution in [0.25, 0.3) is 0 Å². The number of rotatable bonds is 4. The van der Waals surface area contributed by atoms with Crippen LogP contribution in [0.2, 0.25) is 0 Å². The standard InChI is InChI=1S/C16H20BrNS/c1-5-18-15(16-10(2)9-11(3)19-16)13-7-6-8-14(17)12(13)4/h6-9,15,18H,5H2,1-4H3. The lowest BCUT2D eigenvalue weighted by Crippen LogP contribution is -2.22. The third-order valence-corrected chi connectivity index (χ3v) is 5.45. The maximum atomic E-state index is 3.64. The summed E-state index contributed by atoms with van der Waals surface area (Å²) < 4.78 is 1.18. The monoisotopic (exact) mass is 337 g/mol. The number of nitrogens with one attached hydrogen (secondary N) is 1. The van der Waals surface area contributed by atoms with Crippen molar-refractivity contribution in [3.05, 3.63) is 55.2 Å². The molecule has 2 aromatic rings. The lowest BCUT2D eigenvalue weighted by Gasteiger charge is -2.21. The molecule has 0 aliphatic heterocycles. The Morgan fingerprint density at radius 2 is 2.00 bits per heavy atom. The quantitative estimate of drug-likeness (QED) is 0.814. The van der Waals surface area contributed by atoms with Crippen LogP contribution in [0.5, 0.6) is 0 Å². The molecule has 1 aromatic heterocycles. The molecule has 2 rings (SSSR count). The van der Waals surface area contributed by atoms with Gasteiger partial charge in [0.2, 0.25) is 0 Å². The van der Waals surface area contributed by atoms with Crippen molar-refractivity contribution in [1.82, 2.24) is 5.32 Å². The molecule has 0 fully saturated rings. The van der Waals surface area contributed by atoms with Crippen molar-refractivity contribution >= 4 is 27.3 Å². The van der Waals surface area contributed by atoms with Crippen LogP contribution >= 0.6 is 27.3 Å². The van der Waals surface area contributed by atoms with Crippen LogP contribution in [0.4, 0.5) is 0 Å². The van der Waals surface area contributed by atoms with E-state index in [0.717, 1.165) is 6.54 Å². The minimum Gasteiger partial charge on any atom is -0.306 e. The molecule has 1 heterocycles. The van der Waals surface area contributed by atoms with Gasteiger partial charge in [0.15, 0.2) is 0 Å². The molecule has 3 heteroatoms. The predicted octanol–water partition coefficient (Wildman–Crippen LogP) is 5.13. The molecule has 1 unspecified atom stereocenters. The van der Waals surface area contributed by atoms with Crippen molar-refractivity contribution in [3.63, 3.8) is 0 Å². The van der Waals surface area contributed by atoms with Crippen LogP contribution in [-0.4, -0.2) is 6.54 Å². The van der Waals surface area contributed by atoms with Gasteiger partial charge < -0.3 is 5.32 Å². The Labute approximate surface area is 128 Å². The Morgan fingerprint density at radius 1 is 1.26 bits per heavy atom. The van der Waals surface area contributed by atoms with E-state index in [0.29, 0.717) is 6.04 Å². The summed E-state index contributed by atoms with van der Waals surface area (Å²) >= 11 is 5.53. The largest absolute Gasteiger partial charge is 0.306 e. The molecule has 0 radical (unpaired) electrons. The maximum absolute atomic E-state index is 3.64. The molecule has 0 aliphatic carbocycles. The highest BCUT2D eigenvalue weighted by molar-refractivity contribution is 9.10. The van der Waals surface area contributed by atoms with Gasteiger partial charge in [0.1, 0.15) is 0 Å². The molecule has 1 N–H and O–H groups in total. The average molecular weight is 338 g/mol. The number of benzene rings is 1. The molecule has 1 atom stereocenters. The number of hydrogen-bond acceptors (Lipinski definition) is 2. The van der Waals surface area contributed by atoms with E-state index < -0.39 is 0 Å². The summed E-state index contributed by atoms with van der Waals surface area (Å²) in [5.74, 6) is 0. The van der Waals surface area contributed by atoms with Crippen molar-refractivity contribution < 1.29 is 0 Å². The molecule has 1 nitrogen and oxygen atoms in total. The first kappa shape index (κ1) is 14.8. The Balaban J connectivity index is 2.51. The van der Waals surface area contributed by atoms with E-state index in [1.807, 2.05) is 11.3 Å². The highest BCUT2D eigenvalue weighted by Crippen LogP contribution is 2.34. The lowest BCUT2D eigenvalue weighted by atomic mass is 9.98. The number of aryl methyl sites for hydroxylation is 2. The third-order valence-electron chi connectivity index (χ3n) is 3.37. The van der Waals surface area contributed by atoms with Crippen molar-refractivity contribution in [1.29, 1.82) is 0 Å². The summed E-state index contributed by atoms with van der Waals surface area (Å²) in [6, 6.07) is 9.02. The second kappa shape index (κ2) is 6.21. The molecule has 0 amide bonds. The van der Waals surface area contributed by atoms with E-state index in [1.54, 1.807) is 0 Å². The number of halogens is 1. The summed E-state index contributed by atoms with van der Waals surface area (Å²) in [6.45, 7) is 9.69. The molecule has 0 saturated carbocycles. The Bertz CT molecular complexity index is 574. The van der Waals surface area contributed by atoms with Crippen LogP contribution in [0.1, 0.15) is 39.4 Å². The van der Waals surface area contributed by atoms with Gasteiger partial charge in [-0.3, -0.25) is 0 Å². The van der Waals surface area contributed by atoms with Crippen molar-refractivity contribution in [2.24, 2.45) is 0 Å². The van der Waals surface area contributed by atoms with Crippen LogP contribution in [0.3, 0.4) is 0 Å². The first-order valence-corrected chi connectivity index (χ1v) is 8.20. The zero-order valence-corrected chi connectivity index (χ0v) is 14.3. The van der Waals surface area contributed by atoms with Gasteiger partial charge in [0.05, 0.1) is 6.04 Å². The summed E-state index contributed by atoms with van der Waals surface area (Å²) in [5, 5.41) is 3.63. The van der Waals surface area contributed by atoms with Crippen LogP contribution in [0, 0.1) is 20.8 Å². The van der Waals surface area contributed by atoms with Crippen LogP contribution in [-0.2, 0) is 0 Å². The smallest absolute Gasteiger partial charge is 0.0676 e. The average Bonchev–Trinajstić information content (AvgIpc) is 2.69. The summed E-state index contributed by atoms with van der Waals surface area (Å²) in [4.78, 5) is 2.81. The van der Waals surface area contributed by atoms with Crippen molar-refractivity contribution in [2.45, 2.75) is 33.7 Å². The fourth-order valence-electron chi connectivity index (χ4n) is 2.43. The zero-order chi connectivity index (χ0) is 14.0. The zero-order valence-electron chi connectivity index (χ0n) is 11.9. The van der Waals surface area contributed by atoms with E-state index in [-0.39, 0.29) is 0 Å². The van der Waals surface area contributed by atoms with Gasteiger partial charge in [-0.15, -0.1) is 11.3 Å². The fraction of sp³-hybridized carbons (Fsp3) is 0.375. The minimum absolute atomic E-state index is 0.293. The second-order valence-electron chi connectivity index (χ2n) is 4.85. The molecular weight excluding hydrogens is 318 g/mol. The summed E-state index contributed by atoms with van der Waals surface area (Å²) in [7, 11) is 0. The fourth-order valence-corrected chi connectivity index (χ4v) is 3.94. The van der Waals surface area contributed by atoms with Gasteiger partial charge in [-0.2, -0.15) is 0 Å². The van der Waals surface area contributed by atoms with Crippen LogP contribution < -0.4 is 5.32 Å². The van der Waals surface area contributed by atoms with Gasteiger partial charge >= 0.3 is 0 Å².